The quantitative estimate of drug-likeness (QED) is 0.755. The van der Waals surface area contributed by atoms with E-state index in [9.17, 15) is 0 Å². The molecule has 118 valence electrons. The summed E-state index contributed by atoms with van der Waals surface area (Å²) in [6.07, 6.45) is 7.82. The third-order valence-electron chi connectivity index (χ3n) is 4.16. The number of benzene rings is 1. The summed E-state index contributed by atoms with van der Waals surface area (Å²) in [4.78, 5) is 3.50. The van der Waals surface area contributed by atoms with Crippen molar-refractivity contribution in [3.8, 4) is 5.75 Å². The van der Waals surface area contributed by atoms with Crippen LogP contribution in [0.5, 0.6) is 5.75 Å². The Kier molecular flexibility index (Phi) is 3.43. The number of ether oxygens (including phenoxy) is 2. The third-order valence-corrected chi connectivity index (χ3v) is 4.78. The normalized spacial score (nSPS) is 22.1. The van der Waals surface area contributed by atoms with E-state index < -0.39 is 0 Å². The van der Waals surface area contributed by atoms with Crippen LogP contribution in [0.25, 0.3) is 22.7 Å². The summed E-state index contributed by atoms with van der Waals surface area (Å²) < 4.78 is 11.9. The number of fused-ring (bicyclic) bond motifs is 3. The van der Waals surface area contributed by atoms with Crippen molar-refractivity contribution < 1.29 is 9.47 Å². The van der Waals surface area contributed by atoms with Crippen LogP contribution in [-0.2, 0) is 4.74 Å². The Balaban J connectivity index is 1.94. The predicted molar refractivity (Wildman–Crippen MR) is 94.7 cm³/mol. The van der Waals surface area contributed by atoms with Crippen LogP contribution in [0, 0.1) is 0 Å². The molecule has 0 saturated carbocycles. The average molecular weight is 374 g/mol. The zero-order valence-electron chi connectivity index (χ0n) is 12.7. The Labute approximate surface area is 142 Å². The first-order valence-electron chi connectivity index (χ1n) is 7.25. The van der Waals surface area contributed by atoms with Gasteiger partial charge in [-0.2, -0.15) is 0 Å². The molecule has 23 heavy (non-hydrogen) atoms. The molecule has 0 bridgehead atoms. The highest BCUT2D eigenvalue weighted by Crippen LogP contribution is 2.37. The van der Waals surface area contributed by atoms with Crippen LogP contribution in [0.2, 0.25) is 0 Å². The second-order valence-electron chi connectivity index (χ2n) is 5.37. The maximum Gasteiger partial charge on any atom is 0.133 e. The summed E-state index contributed by atoms with van der Waals surface area (Å²) in [6.45, 7) is 0. The van der Waals surface area contributed by atoms with Crippen LogP contribution in [-0.4, -0.2) is 25.3 Å². The van der Waals surface area contributed by atoms with E-state index in [1.165, 1.54) is 0 Å². The molecule has 1 aromatic carbocycles. The van der Waals surface area contributed by atoms with Crippen molar-refractivity contribution in [3.05, 3.63) is 52.0 Å². The summed E-state index contributed by atoms with van der Waals surface area (Å²) >= 11 is 3.54. The lowest BCUT2D eigenvalue weighted by Gasteiger charge is -2.19. The van der Waals surface area contributed by atoms with Crippen molar-refractivity contribution in [1.82, 2.24) is 15.6 Å². The van der Waals surface area contributed by atoms with Gasteiger partial charge < -0.3 is 25.1 Å². The van der Waals surface area contributed by atoms with Gasteiger partial charge in [0.1, 0.15) is 11.9 Å². The number of rotatable bonds is 2. The van der Waals surface area contributed by atoms with Gasteiger partial charge in [0.25, 0.3) is 0 Å². The molecule has 3 N–H and O–H groups in total. The molecular formula is C17H16BrN3O2. The number of nitrogens with one attached hydrogen (secondary N) is 3. The molecule has 0 aliphatic carbocycles. The average Bonchev–Trinajstić information content (AvgIpc) is 3.17. The molecule has 2 aliphatic rings. The van der Waals surface area contributed by atoms with Gasteiger partial charge in [0.2, 0.25) is 0 Å². The Bertz CT molecular complexity index is 880. The smallest absolute Gasteiger partial charge is 0.133 e. The molecule has 2 aliphatic heterocycles. The van der Waals surface area contributed by atoms with Gasteiger partial charge in [0.15, 0.2) is 0 Å². The van der Waals surface area contributed by atoms with E-state index in [-0.39, 0.29) is 6.10 Å². The third kappa shape index (κ3) is 2.17. The van der Waals surface area contributed by atoms with E-state index >= 15 is 0 Å². The molecule has 1 aromatic heterocycles. The lowest BCUT2D eigenvalue weighted by atomic mass is 10.0. The van der Waals surface area contributed by atoms with Crippen LogP contribution in [0.15, 0.2) is 40.8 Å². The zero-order chi connectivity index (χ0) is 16.0. The molecule has 5 nitrogen and oxygen atoms in total. The highest BCUT2D eigenvalue weighted by molar-refractivity contribution is 9.10. The summed E-state index contributed by atoms with van der Waals surface area (Å²) in [5.41, 5.74) is 5.21. The van der Waals surface area contributed by atoms with Gasteiger partial charge in [-0.15, -0.1) is 0 Å². The van der Waals surface area contributed by atoms with Crippen LogP contribution < -0.4 is 15.4 Å². The molecule has 0 amide bonds. The Morgan fingerprint density at radius 1 is 1.13 bits per heavy atom. The van der Waals surface area contributed by atoms with E-state index in [0.29, 0.717) is 0 Å². The van der Waals surface area contributed by atoms with Gasteiger partial charge in [-0.3, -0.25) is 0 Å². The van der Waals surface area contributed by atoms with Crippen molar-refractivity contribution in [2.45, 2.75) is 6.10 Å². The minimum absolute atomic E-state index is 0.0791. The fourth-order valence-corrected chi connectivity index (χ4v) is 3.56. The molecule has 4 rings (SSSR count). The van der Waals surface area contributed by atoms with Gasteiger partial charge in [0.05, 0.1) is 28.7 Å². The molecule has 1 atom stereocenters. The lowest BCUT2D eigenvalue weighted by molar-refractivity contribution is 0.170. The number of methoxy groups -OCH3 is 2. The number of H-pyrrole nitrogens is 1. The first-order chi connectivity index (χ1) is 11.2. The van der Waals surface area contributed by atoms with E-state index in [2.05, 4.69) is 37.6 Å². The molecular weight excluding hydrogens is 358 g/mol. The lowest BCUT2D eigenvalue weighted by Crippen LogP contribution is -2.22. The van der Waals surface area contributed by atoms with Crippen molar-refractivity contribution in [2.75, 3.05) is 14.2 Å². The van der Waals surface area contributed by atoms with Gasteiger partial charge in [-0.1, -0.05) is 0 Å². The second-order valence-corrected chi connectivity index (χ2v) is 6.23. The fourth-order valence-electron chi connectivity index (χ4n) is 3.05. The van der Waals surface area contributed by atoms with Crippen LogP contribution >= 0.6 is 15.9 Å². The van der Waals surface area contributed by atoms with Gasteiger partial charge in [-0.05, 0) is 46.4 Å². The van der Waals surface area contributed by atoms with E-state index in [0.717, 1.165) is 43.8 Å². The van der Waals surface area contributed by atoms with Gasteiger partial charge >= 0.3 is 0 Å². The number of aromatic amines is 1. The number of hydrogen-bond donors (Lipinski definition) is 3. The molecule has 0 saturated heterocycles. The maximum absolute atomic E-state index is 5.51. The van der Waals surface area contributed by atoms with E-state index in [1.54, 1.807) is 14.2 Å². The van der Waals surface area contributed by atoms with Crippen LogP contribution in [0.1, 0.15) is 11.3 Å². The van der Waals surface area contributed by atoms with Gasteiger partial charge in [0, 0.05) is 29.8 Å². The highest BCUT2D eigenvalue weighted by atomic mass is 79.9. The van der Waals surface area contributed by atoms with Crippen LogP contribution in [0.4, 0.5) is 0 Å². The van der Waals surface area contributed by atoms with Crippen molar-refractivity contribution >= 4 is 38.6 Å². The SMILES string of the molecule is COc1cc2c3c([nH]c2cc1Br)/C(=C1\NC=CC1OC)NC=C3. The largest absolute Gasteiger partial charge is 0.496 e. The van der Waals surface area contributed by atoms with Crippen molar-refractivity contribution in [1.29, 1.82) is 0 Å². The standard InChI is InChI=1S/C17H16BrN3O2/c1-22-13-4-6-19-16(13)17-15-9(3-5-20-17)10-7-14(23-2)11(18)8-12(10)21-15/h3-8,13,19-21H,1-2H3/b17-16+. The molecule has 1 unspecified atom stereocenters. The topological polar surface area (TPSA) is 58.3 Å². The van der Waals surface area contributed by atoms with E-state index in [1.807, 2.05) is 30.6 Å². The second kappa shape index (κ2) is 5.47. The summed E-state index contributed by atoms with van der Waals surface area (Å²) in [7, 11) is 3.38. The first kappa shape index (κ1) is 14.4. The summed E-state index contributed by atoms with van der Waals surface area (Å²) in [6, 6.07) is 4.08. The minimum atomic E-state index is -0.0791. The first-order valence-corrected chi connectivity index (χ1v) is 8.05. The zero-order valence-corrected chi connectivity index (χ0v) is 14.3. The minimum Gasteiger partial charge on any atom is -0.496 e. The molecule has 3 heterocycles. The summed E-state index contributed by atoms with van der Waals surface area (Å²) in [5.74, 6) is 0.816. The maximum atomic E-state index is 5.51. The van der Waals surface area contributed by atoms with Crippen LogP contribution in [0.3, 0.4) is 0 Å². The van der Waals surface area contributed by atoms with Gasteiger partial charge in [-0.25, -0.2) is 0 Å². The number of hydrogen-bond acceptors (Lipinski definition) is 4. The van der Waals surface area contributed by atoms with Crippen molar-refractivity contribution in [3.63, 3.8) is 0 Å². The van der Waals surface area contributed by atoms with E-state index in [4.69, 9.17) is 9.47 Å². The van der Waals surface area contributed by atoms with Crippen molar-refractivity contribution in [2.24, 2.45) is 0 Å². The molecule has 6 heteroatoms. The highest BCUT2D eigenvalue weighted by Gasteiger charge is 2.25. The molecule has 0 radical (unpaired) electrons. The molecule has 2 aromatic rings. The molecule has 0 fully saturated rings. The Morgan fingerprint density at radius 3 is 2.78 bits per heavy atom. The molecule has 0 spiro atoms. The Hall–Kier alpha value is -2.18. The fraction of sp³-hybridized carbons (Fsp3) is 0.176. The Morgan fingerprint density at radius 2 is 2.00 bits per heavy atom. The number of aromatic nitrogens is 1. The number of halogens is 1. The predicted octanol–water partition coefficient (Wildman–Crippen LogP) is 3.31. The monoisotopic (exact) mass is 373 g/mol. The summed E-state index contributed by atoms with van der Waals surface area (Å²) in [5, 5.41) is 7.72.